The summed E-state index contributed by atoms with van der Waals surface area (Å²) in [7, 11) is 0. The highest BCUT2D eigenvalue weighted by Gasteiger charge is 2.35. The van der Waals surface area contributed by atoms with Crippen LogP contribution in [-0.4, -0.2) is 16.1 Å². The number of carbonyl (C=O) groups excluding carboxylic acids is 1. The molecule has 1 amide bonds. The van der Waals surface area contributed by atoms with Gasteiger partial charge in [0.15, 0.2) is 17.9 Å². The number of nitrogens with one attached hydrogen (secondary N) is 1. The van der Waals surface area contributed by atoms with Crippen LogP contribution in [0.15, 0.2) is 51.9 Å². The zero-order valence-corrected chi connectivity index (χ0v) is 20.2. The number of aromatic nitrogens is 2. The molecule has 0 aliphatic carbocycles. The third-order valence-electron chi connectivity index (χ3n) is 6.05. The lowest BCUT2D eigenvalue weighted by Gasteiger charge is -2.29. The number of hydrogen-bond acceptors (Lipinski definition) is 6. The Morgan fingerprint density at radius 1 is 1.26 bits per heavy atom. The summed E-state index contributed by atoms with van der Waals surface area (Å²) >= 11 is 1.46. The van der Waals surface area contributed by atoms with Gasteiger partial charge >= 0.3 is 5.69 Å². The molecule has 5 rings (SSSR count). The molecule has 0 saturated carbocycles. The fourth-order valence-corrected chi connectivity index (χ4v) is 5.53. The molecule has 1 aliphatic rings. The van der Waals surface area contributed by atoms with Crippen molar-refractivity contribution >= 4 is 39.0 Å². The number of carbonyl (C=O) groups is 1. The van der Waals surface area contributed by atoms with Gasteiger partial charge < -0.3 is 20.2 Å². The summed E-state index contributed by atoms with van der Waals surface area (Å²) in [5.74, 6) is 0.697. The number of thiophene rings is 1. The van der Waals surface area contributed by atoms with Crippen molar-refractivity contribution in [1.29, 1.82) is 0 Å². The first-order valence-corrected chi connectivity index (χ1v) is 11.9. The van der Waals surface area contributed by atoms with Crippen LogP contribution >= 0.6 is 11.3 Å². The SMILES string of the molecule is Cc1ccc(NC(=O)C[n+]2c(=O)n(Cc3ccco3)c(N)c3c4c(sc32)COC(C)(C)C4)cc1. The van der Waals surface area contributed by atoms with E-state index in [2.05, 4.69) is 5.32 Å². The maximum absolute atomic E-state index is 13.6. The normalized spacial score (nSPS) is 14.8. The summed E-state index contributed by atoms with van der Waals surface area (Å²) < 4.78 is 14.5. The summed E-state index contributed by atoms with van der Waals surface area (Å²) in [6.45, 7) is 6.55. The number of anilines is 2. The number of furan rings is 1. The van der Waals surface area contributed by atoms with Crippen molar-refractivity contribution < 1.29 is 18.5 Å². The van der Waals surface area contributed by atoms with Gasteiger partial charge in [0, 0.05) is 17.0 Å². The predicted molar refractivity (Wildman–Crippen MR) is 131 cm³/mol. The topological polar surface area (TPSA) is 103 Å². The van der Waals surface area contributed by atoms with Crippen molar-refractivity contribution in [2.45, 2.75) is 52.5 Å². The van der Waals surface area contributed by atoms with E-state index in [0.717, 1.165) is 21.4 Å². The fraction of sp³-hybridized carbons (Fsp3) is 0.320. The quantitative estimate of drug-likeness (QED) is 0.427. The van der Waals surface area contributed by atoms with Crippen LogP contribution in [0, 0.1) is 6.92 Å². The number of rotatable bonds is 5. The van der Waals surface area contributed by atoms with Crippen LogP contribution < -0.4 is 21.3 Å². The first-order valence-electron chi connectivity index (χ1n) is 11.1. The van der Waals surface area contributed by atoms with Crippen LogP contribution in [0.5, 0.6) is 0 Å². The third-order valence-corrected chi connectivity index (χ3v) is 7.28. The average Bonchev–Trinajstić information content (AvgIpc) is 3.43. The second-order valence-electron chi connectivity index (χ2n) is 9.24. The highest BCUT2D eigenvalue weighted by Crippen LogP contribution is 2.39. The molecule has 9 heteroatoms. The molecule has 1 aromatic carbocycles. The Morgan fingerprint density at radius 3 is 2.74 bits per heavy atom. The van der Waals surface area contributed by atoms with Crippen molar-refractivity contribution in [1.82, 2.24) is 4.57 Å². The lowest BCUT2D eigenvalue weighted by molar-refractivity contribution is -0.675. The van der Waals surface area contributed by atoms with E-state index in [1.807, 2.05) is 45.0 Å². The number of ether oxygens (including phenoxy) is 1. The van der Waals surface area contributed by atoms with Crippen LogP contribution in [0.25, 0.3) is 10.2 Å². The van der Waals surface area contributed by atoms with Gasteiger partial charge in [0.25, 0.3) is 5.91 Å². The second-order valence-corrected chi connectivity index (χ2v) is 10.3. The lowest BCUT2D eigenvalue weighted by atomic mass is 9.94. The summed E-state index contributed by atoms with van der Waals surface area (Å²) in [6.07, 6.45) is 2.23. The largest absolute Gasteiger partial charge is 0.501 e. The molecule has 3 aromatic heterocycles. The van der Waals surface area contributed by atoms with E-state index in [9.17, 15) is 9.59 Å². The van der Waals surface area contributed by atoms with Crippen LogP contribution in [0.4, 0.5) is 11.5 Å². The Kier molecular flexibility index (Phi) is 5.53. The van der Waals surface area contributed by atoms with Gasteiger partial charge in [-0.2, -0.15) is 13.9 Å². The summed E-state index contributed by atoms with van der Waals surface area (Å²) in [5.41, 5.74) is 8.76. The van der Waals surface area contributed by atoms with E-state index in [1.54, 1.807) is 18.4 Å². The highest BCUT2D eigenvalue weighted by molar-refractivity contribution is 7.18. The molecule has 0 radical (unpaired) electrons. The minimum Gasteiger partial charge on any atom is -0.465 e. The van der Waals surface area contributed by atoms with Gasteiger partial charge in [-0.25, -0.2) is 0 Å². The third kappa shape index (κ3) is 4.12. The van der Waals surface area contributed by atoms with E-state index in [-0.39, 0.29) is 30.3 Å². The number of aryl methyl sites for hydroxylation is 1. The van der Waals surface area contributed by atoms with Crippen LogP contribution in [-0.2, 0) is 35.6 Å². The number of amides is 1. The van der Waals surface area contributed by atoms with E-state index in [1.165, 1.54) is 20.5 Å². The van der Waals surface area contributed by atoms with Gasteiger partial charge in [0.1, 0.15) is 11.1 Å². The Balaban J connectivity index is 1.62. The van der Waals surface area contributed by atoms with Gasteiger partial charge in [-0.15, -0.1) is 0 Å². The smallest absolute Gasteiger partial charge is 0.465 e. The molecule has 0 spiro atoms. The van der Waals surface area contributed by atoms with Crippen LogP contribution in [0.3, 0.4) is 0 Å². The maximum atomic E-state index is 13.6. The molecule has 0 unspecified atom stereocenters. The zero-order chi connectivity index (χ0) is 24.0. The van der Waals surface area contributed by atoms with Crippen molar-refractivity contribution in [3.63, 3.8) is 0 Å². The van der Waals surface area contributed by atoms with E-state index < -0.39 is 0 Å². The van der Waals surface area contributed by atoms with Gasteiger partial charge in [-0.05, 0) is 50.6 Å². The van der Waals surface area contributed by atoms with Crippen molar-refractivity contribution in [2.24, 2.45) is 0 Å². The summed E-state index contributed by atoms with van der Waals surface area (Å²) in [6, 6.07) is 11.1. The van der Waals surface area contributed by atoms with Crippen molar-refractivity contribution in [3.05, 3.63) is 74.9 Å². The number of nitrogen functional groups attached to an aromatic ring is 1. The lowest BCUT2D eigenvalue weighted by Crippen LogP contribution is -2.57. The van der Waals surface area contributed by atoms with E-state index in [4.69, 9.17) is 14.9 Å². The van der Waals surface area contributed by atoms with Crippen molar-refractivity contribution in [2.75, 3.05) is 11.1 Å². The Morgan fingerprint density at radius 2 is 2.03 bits per heavy atom. The Bertz CT molecular complexity index is 1430. The summed E-state index contributed by atoms with van der Waals surface area (Å²) in [4.78, 5) is 28.3. The first kappa shape index (κ1) is 22.4. The molecule has 176 valence electrons. The number of fused-ring (bicyclic) bond motifs is 3. The molecular weight excluding hydrogens is 452 g/mol. The molecule has 1 aliphatic heterocycles. The van der Waals surface area contributed by atoms with Gasteiger partial charge in [0.2, 0.25) is 5.82 Å². The number of benzene rings is 1. The monoisotopic (exact) mass is 479 g/mol. The number of hydrogen-bond donors (Lipinski definition) is 2. The van der Waals surface area contributed by atoms with Crippen molar-refractivity contribution in [3.8, 4) is 0 Å². The number of nitrogens with two attached hydrogens (primary N) is 1. The number of nitrogens with zero attached hydrogens (tertiary/aromatic N) is 2. The molecule has 0 fully saturated rings. The molecule has 3 N–H and O–H groups in total. The molecule has 4 aromatic rings. The predicted octanol–water partition coefficient (Wildman–Crippen LogP) is 3.37. The van der Waals surface area contributed by atoms with E-state index in [0.29, 0.717) is 35.1 Å². The highest BCUT2D eigenvalue weighted by atomic mass is 32.1. The maximum Gasteiger partial charge on any atom is 0.501 e. The molecule has 0 saturated heterocycles. The van der Waals surface area contributed by atoms with Gasteiger partial charge in [-0.1, -0.05) is 29.0 Å². The Hall–Kier alpha value is -3.43. The molecular formula is C25H27N4O4S+. The Labute approximate surface area is 200 Å². The minimum absolute atomic E-state index is 0.134. The molecule has 0 bridgehead atoms. The zero-order valence-electron chi connectivity index (χ0n) is 19.4. The van der Waals surface area contributed by atoms with Crippen LogP contribution in [0.2, 0.25) is 0 Å². The molecule has 0 atom stereocenters. The van der Waals surface area contributed by atoms with Gasteiger partial charge in [-0.3, -0.25) is 4.79 Å². The van der Waals surface area contributed by atoms with Gasteiger partial charge in [0.05, 0.1) is 18.5 Å². The average molecular weight is 480 g/mol. The fourth-order valence-electron chi connectivity index (χ4n) is 4.30. The molecule has 8 nitrogen and oxygen atoms in total. The standard InChI is InChI=1S/C25H26N4O4S/c1-15-6-8-16(9-7-15)27-20(30)13-29-23-21(18-11-25(2,3)33-14-19(18)34-23)22(26)28(24(29)31)12-17-5-4-10-32-17/h4-10,26H,11-14H2,1-3H3,(H,27,30)/p+1. The van der Waals surface area contributed by atoms with E-state index >= 15 is 0 Å². The first-order chi connectivity index (χ1) is 16.2. The minimum atomic E-state index is -0.362. The molecule has 34 heavy (non-hydrogen) atoms. The summed E-state index contributed by atoms with van der Waals surface area (Å²) in [5, 5.41) is 3.70. The van der Waals surface area contributed by atoms with Crippen LogP contribution in [0.1, 0.15) is 35.6 Å². The molecule has 4 heterocycles. The second kappa shape index (κ2) is 8.41.